The Morgan fingerprint density at radius 2 is 2.00 bits per heavy atom. The number of nitrogen functional groups attached to an aromatic ring is 1. The highest BCUT2D eigenvalue weighted by Gasteiger charge is 2.10. The van der Waals surface area contributed by atoms with Gasteiger partial charge in [0.15, 0.2) is 0 Å². The second-order valence-electron chi connectivity index (χ2n) is 4.94. The molecular formula is C14H20FN3O2. The predicted molar refractivity (Wildman–Crippen MR) is 75.6 cm³/mol. The Hall–Kier alpha value is -2.11. The molecule has 0 spiro atoms. The molecule has 0 aliphatic carbocycles. The van der Waals surface area contributed by atoms with Crippen LogP contribution in [0.4, 0.5) is 10.1 Å². The van der Waals surface area contributed by atoms with Gasteiger partial charge in [-0.15, -0.1) is 0 Å². The minimum absolute atomic E-state index is 0.0757. The van der Waals surface area contributed by atoms with Gasteiger partial charge < -0.3 is 16.4 Å². The van der Waals surface area contributed by atoms with Crippen molar-refractivity contribution in [3.63, 3.8) is 0 Å². The molecule has 20 heavy (non-hydrogen) atoms. The van der Waals surface area contributed by atoms with E-state index in [9.17, 15) is 14.0 Å². The first-order chi connectivity index (χ1) is 9.40. The molecule has 0 unspecified atom stereocenters. The molecule has 6 heteroatoms. The second-order valence-corrected chi connectivity index (χ2v) is 4.94. The van der Waals surface area contributed by atoms with Gasteiger partial charge in [0.05, 0.1) is 5.56 Å². The minimum Gasteiger partial charge on any atom is -0.398 e. The summed E-state index contributed by atoms with van der Waals surface area (Å²) < 4.78 is 12.9. The summed E-state index contributed by atoms with van der Waals surface area (Å²) in [6.07, 6.45) is 0.194. The molecule has 1 rings (SSSR count). The second kappa shape index (κ2) is 7.47. The van der Waals surface area contributed by atoms with Crippen molar-refractivity contribution in [2.24, 2.45) is 5.92 Å². The minimum atomic E-state index is -0.493. The van der Waals surface area contributed by atoms with E-state index in [4.69, 9.17) is 5.73 Å². The van der Waals surface area contributed by atoms with Gasteiger partial charge in [0.25, 0.3) is 5.91 Å². The Labute approximate surface area is 117 Å². The lowest BCUT2D eigenvalue weighted by Gasteiger charge is -2.09. The van der Waals surface area contributed by atoms with Gasteiger partial charge in [0, 0.05) is 25.2 Å². The van der Waals surface area contributed by atoms with E-state index in [0.717, 1.165) is 6.07 Å². The van der Waals surface area contributed by atoms with Crippen molar-refractivity contribution in [1.29, 1.82) is 0 Å². The average molecular weight is 281 g/mol. The van der Waals surface area contributed by atoms with Crippen molar-refractivity contribution < 1.29 is 14.0 Å². The van der Waals surface area contributed by atoms with Crippen LogP contribution in [0, 0.1) is 11.7 Å². The number of nitrogens with one attached hydrogen (secondary N) is 2. The van der Waals surface area contributed by atoms with Crippen LogP contribution in [-0.2, 0) is 4.79 Å². The van der Waals surface area contributed by atoms with Crippen LogP contribution in [0.25, 0.3) is 0 Å². The topological polar surface area (TPSA) is 84.2 Å². The van der Waals surface area contributed by atoms with Crippen LogP contribution in [-0.4, -0.2) is 24.9 Å². The molecule has 0 aromatic heterocycles. The lowest BCUT2D eigenvalue weighted by Crippen LogP contribution is -2.32. The predicted octanol–water partition coefficient (Wildman–Crippen LogP) is 1.30. The van der Waals surface area contributed by atoms with E-state index in [2.05, 4.69) is 10.6 Å². The Morgan fingerprint density at radius 1 is 1.30 bits per heavy atom. The zero-order valence-electron chi connectivity index (χ0n) is 11.7. The van der Waals surface area contributed by atoms with E-state index < -0.39 is 11.7 Å². The molecule has 4 N–H and O–H groups in total. The molecule has 0 fully saturated rings. The molecule has 2 amide bonds. The molecular weight excluding hydrogens is 261 g/mol. The average Bonchev–Trinajstić information content (AvgIpc) is 2.36. The molecule has 0 atom stereocenters. The van der Waals surface area contributed by atoms with Gasteiger partial charge in [-0.05, 0) is 24.1 Å². The lowest BCUT2D eigenvalue weighted by molar-refractivity contribution is -0.121. The highest BCUT2D eigenvalue weighted by atomic mass is 19.1. The standard InChI is InChI=1S/C14H20FN3O2/c1-9(2)8-18-13(19)5-6-17-14(20)11-4-3-10(15)7-12(11)16/h3-4,7,9H,5-6,8,16H2,1-2H3,(H,17,20)(H,18,19). The number of carbonyl (C=O) groups is 2. The van der Waals surface area contributed by atoms with E-state index in [0.29, 0.717) is 12.5 Å². The van der Waals surface area contributed by atoms with E-state index in [1.807, 2.05) is 13.8 Å². The SMILES string of the molecule is CC(C)CNC(=O)CCNC(=O)c1ccc(F)cc1N. The molecule has 0 saturated heterocycles. The maximum Gasteiger partial charge on any atom is 0.253 e. The molecule has 5 nitrogen and oxygen atoms in total. The van der Waals surface area contributed by atoms with Crippen LogP contribution in [0.3, 0.4) is 0 Å². The number of hydrogen-bond acceptors (Lipinski definition) is 3. The molecule has 1 aromatic carbocycles. The lowest BCUT2D eigenvalue weighted by atomic mass is 10.1. The maximum atomic E-state index is 12.9. The zero-order chi connectivity index (χ0) is 15.1. The van der Waals surface area contributed by atoms with Crippen molar-refractivity contribution in [2.75, 3.05) is 18.8 Å². The van der Waals surface area contributed by atoms with Gasteiger partial charge in [-0.2, -0.15) is 0 Å². The third kappa shape index (κ3) is 5.26. The molecule has 0 saturated carbocycles. The van der Waals surface area contributed by atoms with Crippen molar-refractivity contribution in [1.82, 2.24) is 10.6 Å². The van der Waals surface area contributed by atoms with E-state index in [1.165, 1.54) is 12.1 Å². The van der Waals surface area contributed by atoms with Crippen molar-refractivity contribution >= 4 is 17.5 Å². The van der Waals surface area contributed by atoms with Crippen LogP contribution >= 0.6 is 0 Å². The summed E-state index contributed by atoms with van der Waals surface area (Å²) in [6.45, 7) is 4.82. The Morgan fingerprint density at radius 3 is 2.60 bits per heavy atom. The monoisotopic (exact) mass is 281 g/mol. The quantitative estimate of drug-likeness (QED) is 0.687. The summed E-state index contributed by atoms with van der Waals surface area (Å²) in [5, 5.41) is 5.33. The first kappa shape index (κ1) is 15.9. The largest absolute Gasteiger partial charge is 0.398 e. The summed E-state index contributed by atoms with van der Waals surface area (Å²) in [5.74, 6) is -0.648. The summed E-state index contributed by atoms with van der Waals surface area (Å²) in [6, 6.07) is 3.57. The first-order valence-corrected chi connectivity index (χ1v) is 6.50. The Balaban J connectivity index is 2.38. The van der Waals surface area contributed by atoms with Crippen LogP contribution in [0.2, 0.25) is 0 Å². The summed E-state index contributed by atoms with van der Waals surface area (Å²) in [5.41, 5.74) is 5.83. The number of rotatable bonds is 6. The van der Waals surface area contributed by atoms with Crippen LogP contribution < -0.4 is 16.4 Å². The molecule has 0 radical (unpaired) electrons. The van der Waals surface area contributed by atoms with Gasteiger partial charge in [-0.1, -0.05) is 13.8 Å². The Kier molecular flexibility index (Phi) is 5.96. The first-order valence-electron chi connectivity index (χ1n) is 6.50. The van der Waals surface area contributed by atoms with Crippen LogP contribution in [0.5, 0.6) is 0 Å². The van der Waals surface area contributed by atoms with Crippen molar-refractivity contribution in [2.45, 2.75) is 20.3 Å². The molecule has 0 heterocycles. The fourth-order valence-electron chi connectivity index (χ4n) is 1.53. The van der Waals surface area contributed by atoms with Crippen LogP contribution in [0.15, 0.2) is 18.2 Å². The summed E-state index contributed by atoms with van der Waals surface area (Å²) in [4.78, 5) is 23.2. The van der Waals surface area contributed by atoms with Crippen molar-refractivity contribution in [3.8, 4) is 0 Å². The third-order valence-electron chi connectivity index (χ3n) is 2.60. The number of benzene rings is 1. The summed E-state index contributed by atoms with van der Waals surface area (Å²) in [7, 11) is 0. The van der Waals surface area contributed by atoms with Crippen molar-refractivity contribution in [3.05, 3.63) is 29.6 Å². The highest BCUT2D eigenvalue weighted by molar-refractivity contribution is 5.99. The van der Waals surface area contributed by atoms with Gasteiger partial charge in [0.1, 0.15) is 5.82 Å². The smallest absolute Gasteiger partial charge is 0.253 e. The molecule has 0 aliphatic heterocycles. The summed E-state index contributed by atoms with van der Waals surface area (Å²) >= 11 is 0. The van der Waals surface area contributed by atoms with E-state index >= 15 is 0 Å². The van der Waals surface area contributed by atoms with Gasteiger partial charge in [0.2, 0.25) is 5.91 Å². The zero-order valence-corrected chi connectivity index (χ0v) is 11.7. The maximum absolute atomic E-state index is 12.9. The number of carbonyl (C=O) groups excluding carboxylic acids is 2. The highest BCUT2D eigenvalue weighted by Crippen LogP contribution is 2.12. The van der Waals surface area contributed by atoms with E-state index in [-0.39, 0.29) is 30.1 Å². The number of halogens is 1. The molecule has 110 valence electrons. The molecule has 0 aliphatic rings. The van der Waals surface area contributed by atoms with Gasteiger partial charge >= 0.3 is 0 Å². The normalized spacial score (nSPS) is 10.4. The number of amides is 2. The fraction of sp³-hybridized carbons (Fsp3) is 0.429. The molecule has 0 bridgehead atoms. The van der Waals surface area contributed by atoms with E-state index in [1.54, 1.807) is 0 Å². The third-order valence-corrected chi connectivity index (χ3v) is 2.60. The fourth-order valence-corrected chi connectivity index (χ4v) is 1.53. The molecule has 1 aromatic rings. The number of nitrogens with two attached hydrogens (primary N) is 1. The van der Waals surface area contributed by atoms with Gasteiger partial charge in [-0.25, -0.2) is 4.39 Å². The Bertz CT molecular complexity index is 489. The number of anilines is 1. The van der Waals surface area contributed by atoms with Gasteiger partial charge in [-0.3, -0.25) is 9.59 Å². The van der Waals surface area contributed by atoms with Crippen LogP contribution in [0.1, 0.15) is 30.6 Å². The number of hydrogen-bond donors (Lipinski definition) is 3.